The van der Waals surface area contributed by atoms with E-state index in [4.69, 9.17) is 17.0 Å². The van der Waals surface area contributed by atoms with Gasteiger partial charge in [0, 0.05) is 0 Å². The van der Waals surface area contributed by atoms with Gasteiger partial charge in [-0.3, -0.25) is 0 Å². The number of benzene rings is 1. The maximum absolute atomic E-state index is 9.67. The van der Waals surface area contributed by atoms with Crippen molar-refractivity contribution in [3.63, 3.8) is 0 Å². The lowest BCUT2D eigenvalue weighted by Gasteiger charge is -2.11. The summed E-state index contributed by atoms with van der Waals surface area (Å²) in [7, 11) is 0. The van der Waals surface area contributed by atoms with Crippen molar-refractivity contribution in [1.82, 2.24) is 0 Å². The van der Waals surface area contributed by atoms with Crippen LogP contribution in [0.5, 0.6) is 0 Å². The fraction of sp³-hybridized carbons (Fsp3) is 0.300. The third-order valence-electron chi connectivity index (χ3n) is 1.71. The Bertz CT molecular complexity index is 287. The molecular weight excluding hydrogens is 216 g/mol. The van der Waals surface area contributed by atoms with Crippen LogP contribution in [0.1, 0.15) is 11.7 Å². The highest BCUT2D eigenvalue weighted by molar-refractivity contribution is 8.22. The van der Waals surface area contributed by atoms with Gasteiger partial charge >= 0.3 is 0 Å². The Labute approximate surface area is 93.3 Å². The second-order valence-electron chi connectivity index (χ2n) is 2.69. The fourth-order valence-electron chi connectivity index (χ4n) is 0.977. The van der Waals surface area contributed by atoms with E-state index in [1.54, 1.807) is 0 Å². The summed E-state index contributed by atoms with van der Waals surface area (Å²) in [5.74, 6) is 0. The Kier molecular flexibility index (Phi) is 4.93. The molecule has 0 fully saturated rings. The molecule has 0 amide bonds. The number of ether oxygens (including phenoxy) is 1. The standard InChI is InChI=1S/C10H12O2S2/c1-14-10(13)12-7-9(11)8-5-3-2-4-6-8/h2-6,9,11H,7H2,1H3. The van der Waals surface area contributed by atoms with Crippen LogP contribution in [0.3, 0.4) is 0 Å². The van der Waals surface area contributed by atoms with Crippen molar-refractivity contribution in [3.8, 4) is 0 Å². The normalized spacial score (nSPS) is 12.1. The van der Waals surface area contributed by atoms with Crippen LogP contribution in [0.25, 0.3) is 0 Å². The van der Waals surface area contributed by atoms with Gasteiger partial charge in [0.2, 0.25) is 4.38 Å². The summed E-state index contributed by atoms with van der Waals surface area (Å²) in [5, 5.41) is 9.67. The monoisotopic (exact) mass is 228 g/mol. The maximum Gasteiger partial charge on any atom is 0.219 e. The minimum Gasteiger partial charge on any atom is -0.475 e. The average Bonchev–Trinajstić information content (AvgIpc) is 2.26. The Hall–Kier alpha value is -0.580. The average molecular weight is 228 g/mol. The Morgan fingerprint density at radius 1 is 1.50 bits per heavy atom. The fourth-order valence-corrected chi connectivity index (χ4v) is 1.23. The molecule has 0 aromatic heterocycles. The first kappa shape index (κ1) is 11.5. The molecule has 0 bridgehead atoms. The van der Waals surface area contributed by atoms with Crippen molar-refractivity contribution in [2.45, 2.75) is 6.10 Å². The molecule has 0 heterocycles. The zero-order valence-electron chi connectivity index (χ0n) is 7.84. The predicted molar refractivity (Wildman–Crippen MR) is 63.5 cm³/mol. The van der Waals surface area contributed by atoms with Crippen molar-refractivity contribution in [1.29, 1.82) is 0 Å². The first-order valence-electron chi connectivity index (χ1n) is 4.18. The van der Waals surface area contributed by atoms with Gasteiger partial charge in [-0.15, -0.1) is 0 Å². The molecule has 0 aliphatic carbocycles. The molecule has 1 aromatic carbocycles. The van der Waals surface area contributed by atoms with Crippen molar-refractivity contribution < 1.29 is 9.84 Å². The summed E-state index contributed by atoms with van der Waals surface area (Å²) in [5.41, 5.74) is 0.844. The molecule has 1 rings (SSSR count). The van der Waals surface area contributed by atoms with Crippen LogP contribution in [-0.2, 0) is 4.74 Å². The molecule has 0 aliphatic rings. The quantitative estimate of drug-likeness (QED) is 0.804. The zero-order chi connectivity index (χ0) is 10.4. The third kappa shape index (κ3) is 3.65. The van der Waals surface area contributed by atoms with Gasteiger partial charge in [-0.1, -0.05) is 42.1 Å². The third-order valence-corrected chi connectivity index (χ3v) is 2.78. The maximum atomic E-state index is 9.67. The Balaban J connectivity index is 2.43. The lowest BCUT2D eigenvalue weighted by Crippen LogP contribution is -2.08. The molecule has 14 heavy (non-hydrogen) atoms. The Morgan fingerprint density at radius 2 is 2.14 bits per heavy atom. The first-order valence-corrected chi connectivity index (χ1v) is 5.81. The van der Waals surface area contributed by atoms with Crippen LogP contribution in [0.15, 0.2) is 30.3 Å². The number of thioether (sulfide) groups is 1. The van der Waals surface area contributed by atoms with Crippen LogP contribution in [0, 0.1) is 0 Å². The van der Waals surface area contributed by atoms with E-state index in [1.807, 2.05) is 36.6 Å². The van der Waals surface area contributed by atoms with Crippen LogP contribution in [-0.4, -0.2) is 22.4 Å². The molecule has 1 N–H and O–H groups in total. The second-order valence-corrected chi connectivity index (χ2v) is 4.10. The predicted octanol–water partition coefficient (Wildman–Crippen LogP) is 2.38. The summed E-state index contributed by atoms with van der Waals surface area (Å²) in [4.78, 5) is 0. The molecule has 2 nitrogen and oxygen atoms in total. The van der Waals surface area contributed by atoms with Crippen LogP contribution in [0.4, 0.5) is 0 Å². The van der Waals surface area contributed by atoms with Gasteiger partial charge in [-0.25, -0.2) is 0 Å². The number of aliphatic hydroxyl groups is 1. The SMILES string of the molecule is CSC(=S)OCC(O)c1ccccc1. The minimum absolute atomic E-state index is 0.212. The number of rotatable bonds is 3. The van der Waals surface area contributed by atoms with E-state index in [9.17, 15) is 5.11 Å². The molecule has 0 spiro atoms. The number of hydrogen-bond donors (Lipinski definition) is 1. The van der Waals surface area contributed by atoms with Crippen molar-refractivity contribution in [2.75, 3.05) is 12.9 Å². The summed E-state index contributed by atoms with van der Waals surface area (Å²) < 4.78 is 5.61. The molecule has 76 valence electrons. The topological polar surface area (TPSA) is 29.5 Å². The van der Waals surface area contributed by atoms with E-state index in [0.29, 0.717) is 4.38 Å². The smallest absolute Gasteiger partial charge is 0.219 e. The lowest BCUT2D eigenvalue weighted by atomic mass is 10.1. The molecular formula is C10H12O2S2. The molecule has 0 saturated carbocycles. The van der Waals surface area contributed by atoms with Crippen LogP contribution < -0.4 is 0 Å². The van der Waals surface area contributed by atoms with E-state index in [1.165, 1.54) is 11.8 Å². The highest BCUT2D eigenvalue weighted by Gasteiger charge is 2.07. The molecule has 0 aliphatic heterocycles. The summed E-state index contributed by atoms with van der Waals surface area (Å²) in [6, 6.07) is 9.38. The van der Waals surface area contributed by atoms with E-state index in [0.717, 1.165) is 5.56 Å². The molecule has 1 aromatic rings. The van der Waals surface area contributed by atoms with Gasteiger partial charge in [0.25, 0.3) is 0 Å². The first-order chi connectivity index (χ1) is 6.74. The molecule has 1 unspecified atom stereocenters. The summed E-state index contributed by atoms with van der Waals surface area (Å²) in [6.45, 7) is 0.212. The minimum atomic E-state index is -0.610. The van der Waals surface area contributed by atoms with E-state index < -0.39 is 6.10 Å². The molecule has 4 heteroatoms. The molecule has 0 radical (unpaired) electrons. The van der Waals surface area contributed by atoms with Gasteiger partial charge in [0.1, 0.15) is 12.7 Å². The van der Waals surface area contributed by atoms with Gasteiger partial charge in [-0.05, 0) is 24.0 Å². The van der Waals surface area contributed by atoms with E-state index in [-0.39, 0.29) is 6.61 Å². The highest BCUT2D eigenvalue weighted by atomic mass is 32.2. The van der Waals surface area contributed by atoms with Gasteiger partial charge in [0.15, 0.2) is 0 Å². The largest absolute Gasteiger partial charge is 0.475 e. The summed E-state index contributed by atoms with van der Waals surface area (Å²) in [6.07, 6.45) is 1.23. The van der Waals surface area contributed by atoms with Crippen molar-refractivity contribution >= 4 is 28.4 Å². The van der Waals surface area contributed by atoms with Gasteiger partial charge in [0.05, 0.1) is 0 Å². The highest BCUT2D eigenvalue weighted by Crippen LogP contribution is 2.13. The number of thiocarbonyl (C=S) groups is 1. The molecule has 1 atom stereocenters. The second kappa shape index (κ2) is 6.01. The van der Waals surface area contributed by atoms with Crippen LogP contribution >= 0.6 is 24.0 Å². The zero-order valence-corrected chi connectivity index (χ0v) is 9.48. The van der Waals surface area contributed by atoms with E-state index in [2.05, 4.69) is 0 Å². The van der Waals surface area contributed by atoms with Gasteiger partial charge < -0.3 is 9.84 Å². The van der Waals surface area contributed by atoms with Gasteiger partial charge in [-0.2, -0.15) is 0 Å². The lowest BCUT2D eigenvalue weighted by molar-refractivity contribution is 0.106. The Morgan fingerprint density at radius 3 is 2.71 bits per heavy atom. The van der Waals surface area contributed by atoms with E-state index >= 15 is 0 Å². The summed E-state index contributed by atoms with van der Waals surface area (Å²) >= 11 is 6.21. The molecule has 0 saturated heterocycles. The number of hydrogen-bond acceptors (Lipinski definition) is 4. The van der Waals surface area contributed by atoms with Crippen LogP contribution in [0.2, 0.25) is 0 Å². The number of aliphatic hydroxyl groups excluding tert-OH is 1. The van der Waals surface area contributed by atoms with Crippen molar-refractivity contribution in [3.05, 3.63) is 35.9 Å². The van der Waals surface area contributed by atoms with Crippen molar-refractivity contribution in [2.24, 2.45) is 0 Å².